The standard InChI is InChI=1S/C17H16Cl2N2O/c1-21(10-12-4-2-3-7-20-12)17(22)14-9-13(14)11-5-6-15(18)16(19)8-11/h2-8,13-14H,9-10H2,1H3/t13-,14-/m0/s1. The second-order valence-electron chi connectivity index (χ2n) is 5.64. The Kier molecular flexibility index (Phi) is 4.37. The molecule has 0 N–H and O–H groups in total. The van der Waals surface area contributed by atoms with Crippen molar-refractivity contribution in [3.05, 3.63) is 63.9 Å². The Labute approximate surface area is 139 Å². The number of pyridine rings is 1. The molecule has 1 aliphatic rings. The number of carbonyl (C=O) groups excluding carboxylic acids is 1. The van der Waals surface area contributed by atoms with Crippen molar-refractivity contribution in [1.82, 2.24) is 9.88 Å². The molecule has 0 unspecified atom stereocenters. The first-order valence-electron chi connectivity index (χ1n) is 7.16. The van der Waals surface area contributed by atoms with Gasteiger partial charge in [-0.25, -0.2) is 0 Å². The minimum Gasteiger partial charge on any atom is -0.340 e. The van der Waals surface area contributed by atoms with Gasteiger partial charge < -0.3 is 4.90 Å². The predicted octanol–water partition coefficient (Wildman–Crippen LogP) is 4.15. The van der Waals surface area contributed by atoms with Crippen LogP contribution in [0.3, 0.4) is 0 Å². The van der Waals surface area contributed by atoms with Crippen LogP contribution in [-0.4, -0.2) is 22.8 Å². The van der Waals surface area contributed by atoms with Gasteiger partial charge in [-0.1, -0.05) is 35.3 Å². The Morgan fingerprint density at radius 2 is 2.09 bits per heavy atom. The largest absolute Gasteiger partial charge is 0.340 e. The highest BCUT2D eigenvalue weighted by Gasteiger charge is 2.45. The third kappa shape index (κ3) is 3.26. The van der Waals surface area contributed by atoms with Crippen LogP contribution < -0.4 is 0 Å². The van der Waals surface area contributed by atoms with Crippen LogP contribution >= 0.6 is 23.2 Å². The molecule has 5 heteroatoms. The van der Waals surface area contributed by atoms with Gasteiger partial charge in [0.1, 0.15) is 0 Å². The van der Waals surface area contributed by atoms with Crippen LogP contribution in [0, 0.1) is 5.92 Å². The van der Waals surface area contributed by atoms with Gasteiger partial charge in [0.15, 0.2) is 0 Å². The van der Waals surface area contributed by atoms with Crippen LogP contribution in [0.2, 0.25) is 10.0 Å². The Bertz CT molecular complexity index is 690. The van der Waals surface area contributed by atoms with Crippen molar-refractivity contribution in [2.24, 2.45) is 5.92 Å². The summed E-state index contributed by atoms with van der Waals surface area (Å²) in [5, 5.41) is 1.08. The summed E-state index contributed by atoms with van der Waals surface area (Å²) in [4.78, 5) is 18.5. The molecule has 1 heterocycles. The van der Waals surface area contributed by atoms with Gasteiger partial charge in [0.05, 0.1) is 22.3 Å². The van der Waals surface area contributed by atoms with E-state index in [2.05, 4.69) is 4.98 Å². The lowest BCUT2D eigenvalue weighted by Gasteiger charge is -2.16. The minimum absolute atomic E-state index is 0.0333. The molecule has 3 nitrogen and oxygen atoms in total. The summed E-state index contributed by atoms with van der Waals surface area (Å²) in [6.07, 6.45) is 2.60. The fourth-order valence-electron chi connectivity index (χ4n) is 2.67. The highest BCUT2D eigenvalue weighted by Crippen LogP contribution is 2.49. The average molecular weight is 335 g/mol. The highest BCUT2D eigenvalue weighted by atomic mass is 35.5. The predicted molar refractivity (Wildman–Crippen MR) is 88.0 cm³/mol. The third-order valence-corrected chi connectivity index (χ3v) is 4.72. The van der Waals surface area contributed by atoms with E-state index in [-0.39, 0.29) is 17.7 Å². The molecule has 1 aliphatic carbocycles. The molecule has 1 aromatic carbocycles. The van der Waals surface area contributed by atoms with E-state index in [9.17, 15) is 4.79 Å². The Hall–Kier alpha value is -1.58. The van der Waals surface area contributed by atoms with Crippen molar-refractivity contribution in [3.8, 4) is 0 Å². The van der Waals surface area contributed by atoms with Crippen LogP contribution in [0.15, 0.2) is 42.6 Å². The first-order valence-corrected chi connectivity index (χ1v) is 7.91. The summed E-state index contributed by atoms with van der Waals surface area (Å²) in [5.74, 6) is 0.432. The molecule has 1 aromatic heterocycles. The monoisotopic (exact) mass is 334 g/mol. The zero-order valence-electron chi connectivity index (χ0n) is 12.2. The summed E-state index contributed by atoms with van der Waals surface area (Å²) in [7, 11) is 1.82. The smallest absolute Gasteiger partial charge is 0.226 e. The van der Waals surface area contributed by atoms with E-state index >= 15 is 0 Å². The molecule has 0 saturated heterocycles. The summed E-state index contributed by atoms with van der Waals surface area (Å²) in [5.41, 5.74) is 1.98. The van der Waals surface area contributed by atoms with Crippen LogP contribution in [0.4, 0.5) is 0 Å². The molecule has 1 amide bonds. The lowest BCUT2D eigenvalue weighted by atomic mass is 10.1. The first kappa shape index (κ1) is 15.3. The van der Waals surface area contributed by atoms with Gasteiger partial charge in [-0.05, 0) is 42.2 Å². The van der Waals surface area contributed by atoms with Crippen LogP contribution in [0.5, 0.6) is 0 Å². The number of carbonyl (C=O) groups is 1. The molecule has 114 valence electrons. The normalized spacial score (nSPS) is 19.8. The number of nitrogens with zero attached hydrogens (tertiary/aromatic N) is 2. The van der Waals surface area contributed by atoms with Crippen molar-refractivity contribution in [2.75, 3.05) is 7.05 Å². The molecule has 2 atom stereocenters. The van der Waals surface area contributed by atoms with Gasteiger partial charge in [0.2, 0.25) is 5.91 Å². The summed E-state index contributed by atoms with van der Waals surface area (Å²) < 4.78 is 0. The molecule has 3 rings (SSSR count). The maximum Gasteiger partial charge on any atom is 0.226 e. The van der Waals surface area contributed by atoms with E-state index in [4.69, 9.17) is 23.2 Å². The van der Waals surface area contributed by atoms with Crippen molar-refractivity contribution in [2.45, 2.75) is 18.9 Å². The summed E-state index contributed by atoms with van der Waals surface area (Å²) >= 11 is 12.0. The third-order valence-electron chi connectivity index (χ3n) is 3.98. The number of rotatable bonds is 4. The van der Waals surface area contributed by atoms with Crippen LogP contribution in [0.1, 0.15) is 23.6 Å². The second-order valence-corrected chi connectivity index (χ2v) is 6.45. The molecule has 1 saturated carbocycles. The lowest BCUT2D eigenvalue weighted by Crippen LogP contribution is -2.28. The Morgan fingerprint density at radius 1 is 1.27 bits per heavy atom. The van der Waals surface area contributed by atoms with E-state index in [1.54, 1.807) is 17.2 Å². The first-order chi connectivity index (χ1) is 10.6. The molecule has 0 spiro atoms. The SMILES string of the molecule is CN(Cc1ccccn1)C(=O)[C@H]1C[C@H]1c1ccc(Cl)c(Cl)c1. The van der Waals surface area contributed by atoms with Gasteiger partial charge in [-0.15, -0.1) is 0 Å². The topological polar surface area (TPSA) is 33.2 Å². The van der Waals surface area contributed by atoms with Gasteiger partial charge in [0, 0.05) is 19.2 Å². The van der Waals surface area contributed by atoms with Gasteiger partial charge in [-0.2, -0.15) is 0 Å². The van der Waals surface area contributed by atoms with Gasteiger partial charge in [-0.3, -0.25) is 9.78 Å². The summed E-state index contributed by atoms with van der Waals surface area (Å²) in [6, 6.07) is 11.3. The molecule has 22 heavy (non-hydrogen) atoms. The number of halogens is 2. The number of hydrogen-bond donors (Lipinski definition) is 0. The molecule has 1 fully saturated rings. The number of aromatic nitrogens is 1. The highest BCUT2D eigenvalue weighted by molar-refractivity contribution is 6.42. The van der Waals surface area contributed by atoms with E-state index in [1.807, 2.05) is 37.4 Å². The molecule has 2 aromatic rings. The number of benzene rings is 1. The molecular weight excluding hydrogens is 319 g/mol. The average Bonchev–Trinajstić information content (AvgIpc) is 3.31. The molecule has 0 aliphatic heterocycles. The number of amides is 1. The fourth-order valence-corrected chi connectivity index (χ4v) is 2.98. The quantitative estimate of drug-likeness (QED) is 0.841. The lowest BCUT2D eigenvalue weighted by molar-refractivity contribution is -0.131. The maximum atomic E-state index is 12.5. The van der Waals surface area contributed by atoms with Gasteiger partial charge in [0.25, 0.3) is 0 Å². The minimum atomic E-state index is 0.0333. The van der Waals surface area contributed by atoms with E-state index < -0.39 is 0 Å². The van der Waals surface area contributed by atoms with E-state index in [1.165, 1.54) is 0 Å². The Morgan fingerprint density at radius 3 is 2.77 bits per heavy atom. The van der Waals surface area contributed by atoms with E-state index in [0.29, 0.717) is 16.6 Å². The van der Waals surface area contributed by atoms with Crippen LogP contribution in [-0.2, 0) is 11.3 Å². The zero-order chi connectivity index (χ0) is 15.7. The number of hydrogen-bond acceptors (Lipinski definition) is 2. The van der Waals surface area contributed by atoms with Crippen molar-refractivity contribution in [1.29, 1.82) is 0 Å². The summed E-state index contributed by atoms with van der Waals surface area (Å²) in [6.45, 7) is 0.532. The van der Waals surface area contributed by atoms with Crippen molar-refractivity contribution >= 4 is 29.1 Å². The van der Waals surface area contributed by atoms with Crippen LogP contribution in [0.25, 0.3) is 0 Å². The van der Waals surface area contributed by atoms with Crippen molar-refractivity contribution < 1.29 is 4.79 Å². The second kappa shape index (κ2) is 6.27. The maximum absolute atomic E-state index is 12.5. The van der Waals surface area contributed by atoms with Gasteiger partial charge >= 0.3 is 0 Å². The fraction of sp³-hybridized carbons (Fsp3) is 0.294. The molecule has 0 bridgehead atoms. The zero-order valence-corrected chi connectivity index (χ0v) is 13.7. The molecule has 0 radical (unpaired) electrons. The Balaban J connectivity index is 1.63. The van der Waals surface area contributed by atoms with E-state index in [0.717, 1.165) is 17.7 Å². The van der Waals surface area contributed by atoms with Crippen molar-refractivity contribution in [3.63, 3.8) is 0 Å². The molecular formula is C17H16Cl2N2O.